The molecule has 2 aromatic rings. The minimum atomic E-state index is 0.701. The fraction of sp³-hybridized carbons (Fsp3) is 0.167. The van der Waals surface area contributed by atoms with Crippen LogP contribution in [0, 0.1) is 11.3 Å². The third-order valence-corrected chi connectivity index (χ3v) is 3.25. The monoisotopic (exact) mass is 263 g/mol. The number of nitriles is 1. The van der Waals surface area contributed by atoms with Crippen LogP contribution in [0.25, 0.3) is 11.6 Å². The van der Waals surface area contributed by atoms with Crippen LogP contribution in [0.15, 0.2) is 48.5 Å². The highest BCUT2D eigenvalue weighted by Crippen LogP contribution is 2.24. The van der Waals surface area contributed by atoms with Crippen molar-refractivity contribution in [1.82, 2.24) is 0 Å². The molecule has 2 nitrogen and oxygen atoms in total. The van der Waals surface area contributed by atoms with Crippen molar-refractivity contribution in [3.8, 4) is 11.8 Å². The smallest absolute Gasteiger partial charge is 0.118 e. The highest BCUT2D eigenvalue weighted by atomic mass is 16.5. The number of hydrogen-bond acceptors (Lipinski definition) is 2. The Morgan fingerprint density at radius 2 is 1.85 bits per heavy atom. The van der Waals surface area contributed by atoms with Crippen LogP contribution in [-0.4, -0.2) is 7.11 Å². The van der Waals surface area contributed by atoms with Gasteiger partial charge in [0.2, 0.25) is 0 Å². The molecule has 0 unspecified atom stereocenters. The fourth-order valence-electron chi connectivity index (χ4n) is 2.11. The van der Waals surface area contributed by atoms with Crippen molar-refractivity contribution in [1.29, 1.82) is 5.26 Å². The van der Waals surface area contributed by atoms with E-state index in [9.17, 15) is 0 Å². The van der Waals surface area contributed by atoms with Gasteiger partial charge in [0.05, 0.1) is 18.7 Å². The summed E-state index contributed by atoms with van der Waals surface area (Å²) < 4.78 is 5.17. The Morgan fingerprint density at radius 1 is 1.15 bits per heavy atom. The lowest BCUT2D eigenvalue weighted by atomic mass is 9.98. The maximum absolute atomic E-state index is 9.15. The molecule has 2 aromatic carbocycles. The van der Waals surface area contributed by atoms with Gasteiger partial charge in [0, 0.05) is 0 Å². The van der Waals surface area contributed by atoms with Crippen LogP contribution in [0.3, 0.4) is 0 Å². The highest BCUT2D eigenvalue weighted by molar-refractivity contribution is 5.83. The van der Waals surface area contributed by atoms with Crippen LogP contribution in [0.5, 0.6) is 5.75 Å². The van der Waals surface area contributed by atoms with Crippen molar-refractivity contribution in [2.24, 2.45) is 0 Å². The van der Waals surface area contributed by atoms with E-state index in [1.807, 2.05) is 48.5 Å². The van der Waals surface area contributed by atoms with E-state index in [1.165, 1.54) is 5.57 Å². The molecular weight excluding hydrogens is 246 g/mol. The zero-order valence-corrected chi connectivity index (χ0v) is 11.8. The molecule has 0 saturated heterocycles. The van der Waals surface area contributed by atoms with Gasteiger partial charge >= 0.3 is 0 Å². The first-order chi connectivity index (χ1) is 9.78. The van der Waals surface area contributed by atoms with Crippen LogP contribution < -0.4 is 4.74 Å². The lowest BCUT2D eigenvalue weighted by Crippen LogP contribution is -1.87. The number of hydrogen-bond donors (Lipinski definition) is 0. The van der Waals surface area contributed by atoms with Gasteiger partial charge in [-0.15, -0.1) is 0 Å². The molecule has 0 bridgehead atoms. The molecule has 0 atom stereocenters. The fourth-order valence-corrected chi connectivity index (χ4v) is 2.11. The molecule has 100 valence electrons. The Hall–Kier alpha value is -2.53. The van der Waals surface area contributed by atoms with E-state index < -0.39 is 0 Å². The quantitative estimate of drug-likeness (QED) is 0.760. The summed E-state index contributed by atoms with van der Waals surface area (Å²) in [6.45, 7) is 2.12. The molecule has 2 rings (SSSR count). The van der Waals surface area contributed by atoms with Gasteiger partial charge in [0.1, 0.15) is 5.75 Å². The Labute approximate surface area is 119 Å². The van der Waals surface area contributed by atoms with Crippen molar-refractivity contribution < 1.29 is 4.74 Å². The Morgan fingerprint density at radius 3 is 2.45 bits per heavy atom. The number of rotatable bonds is 4. The predicted octanol–water partition coefficient (Wildman–Crippen LogP) is 4.52. The minimum absolute atomic E-state index is 0.701. The molecule has 0 heterocycles. The number of nitrogens with zero attached hydrogens (tertiary/aromatic N) is 1. The first kappa shape index (κ1) is 13.9. The first-order valence-electron chi connectivity index (χ1n) is 6.62. The highest BCUT2D eigenvalue weighted by Gasteiger charge is 2.03. The van der Waals surface area contributed by atoms with Crippen LogP contribution in [-0.2, 0) is 0 Å². The maximum Gasteiger partial charge on any atom is 0.118 e. The summed E-state index contributed by atoms with van der Waals surface area (Å²) in [5.74, 6) is 0.849. The SMILES string of the molecule is CC/C(=C\c1ccccc1C#N)c1ccc(OC)cc1. The molecule has 0 aliphatic carbocycles. The topological polar surface area (TPSA) is 33.0 Å². The van der Waals surface area contributed by atoms with E-state index in [0.29, 0.717) is 5.56 Å². The molecule has 0 aliphatic rings. The lowest BCUT2D eigenvalue weighted by Gasteiger charge is -2.07. The van der Waals surface area contributed by atoms with Crippen molar-refractivity contribution in [2.45, 2.75) is 13.3 Å². The van der Waals surface area contributed by atoms with Gasteiger partial charge in [0.15, 0.2) is 0 Å². The molecule has 0 aromatic heterocycles. The predicted molar refractivity (Wildman–Crippen MR) is 82.3 cm³/mol. The van der Waals surface area contributed by atoms with Gasteiger partial charge in [-0.2, -0.15) is 5.26 Å². The van der Waals surface area contributed by atoms with Gasteiger partial charge in [-0.3, -0.25) is 0 Å². The van der Waals surface area contributed by atoms with Gasteiger partial charge in [-0.05, 0) is 47.4 Å². The summed E-state index contributed by atoms with van der Waals surface area (Å²) in [6, 6.07) is 17.9. The molecular formula is C18H17NO. The summed E-state index contributed by atoms with van der Waals surface area (Å²) in [7, 11) is 1.66. The second-order valence-corrected chi connectivity index (χ2v) is 4.45. The maximum atomic E-state index is 9.15. The number of benzene rings is 2. The molecule has 20 heavy (non-hydrogen) atoms. The number of allylic oxidation sites excluding steroid dienone is 1. The first-order valence-corrected chi connectivity index (χ1v) is 6.62. The molecule has 0 N–H and O–H groups in total. The van der Waals surface area contributed by atoms with Crippen molar-refractivity contribution in [3.05, 3.63) is 65.2 Å². The molecule has 0 fully saturated rings. The normalized spacial score (nSPS) is 10.9. The van der Waals surface area contributed by atoms with E-state index in [0.717, 1.165) is 23.3 Å². The van der Waals surface area contributed by atoms with Crippen molar-refractivity contribution >= 4 is 11.6 Å². The minimum Gasteiger partial charge on any atom is -0.497 e. The van der Waals surface area contributed by atoms with Crippen LogP contribution in [0.4, 0.5) is 0 Å². The van der Waals surface area contributed by atoms with Gasteiger partial charge in [-0.25, -0.2) is 0 Å². The van der Waals surface area contributed by atoms with Crippen LogP contribution >= 0.6 is 0 Å². The summed E-state index contributed by atoms with van der Waals surface area (Å²) in [5, 5.41) is 9.15. The third-order valence-electron chi connectivity index (χ3n) is 3.25. The Bertz CT molecular complexity index is 648. The van der Waals surface area contributed by atoms with Gasteiger partial charge < -0.3 is 4.74 Å². The molecule has 0 saturated carbocycles. The standard InChI is InChI=1S/C18H17NO/c1-3-14(15-8-10-18(20-2)11-9-15)12-16-6-4-5-7-17(16)13-19/h4-12H,3H2,1-2H3/b14-12+. The van der Waals surface area contributed by atoms with Gasteiger partial charge in [0.25, 0.3) is 0 Å². The number of methoxy groups -OCH3 is 1. The molecule has 0 radical (unpaired) electrons. The van der Waals surface area contributed by atoms with E-state index in [-0.39, 0.29) is 0 Å². The second kappa shape index (κ2) is 6.58. The summed E-state index contributed by atoms with van der Waals surface area (Å²) in [4.78, 5) is 0. The van der Waals surface area contributed by atoms with E-state index in [1.54, 1.807) is 7.11 Å². The zero-order valence-electron chi connectivity index (χ0n) is 11.8. The molecule has 2 heteroatoms. The second-order valence-electron chi connectivity index (χ2n) is 4.45. The van der Waals surface area contributed by atoms with Crippen molar-refractivity contribution in [2.75, 3.05) is 7.11 Å². The van der Waals surface area contributed by atoms with Crippen LogP contribution in [0.1, 0.15) is 30.0 Å². The Balaban J connectivity index is 2.40. The average molecular weight is 263 g/mol. The Kier molecular flexibility index (Phi) is 4.57. The van der Waals surface area contributed by atoms with E-state index in [4.69, 9.17) is 10.00 Å². The lowest BCUT2D eigenvalue weighted by molar-refractivity contribution is 0.415. The molecule has 0 aliphatic heterocycles. The van der Waals surface area contributed by atoms with Crippen LogP contribution in [0.2, 0.25) is 0 Å². The van der Waals surface area contributed by atoms with E-state index in [2.05, 4.69) is 19.1 Å². The summed E-state index contributed by atoms with van der Waals surface area (Å²) in [6.07, 6.45) is 2.99. The largest absolute Gasteiger partial charge is 0.497 e. The number of ether oxygens (including phenoxy) is 1. The van der Waals surface area contributed by atoms with E-state index >= 15 is 0 Å². The summed E-state index contributed by atoms with van der Waals surface area (Å²) in [5.41, 5.74) is 4.02. The van der Waals surface area contributed by atoms with Crippen molar-refractivity contribution in [3.63, 3.8) is 0 Å². The zero-order chi connectivity index (χ0) is 14.4. The third kappa shape index (κ3) is 3.07. The average Bonchev–Trinajstić information content (AvgIpc) is 2.53. The summed E-state index contributed by atoms with van der Waals surface area (Å²) >= 11 is 0. The molecule has 0 amide bonds. The molecule has 0 spiro atoms. The van der Waals surface area contributed by atoms with Gasteiger partial charge in [-0.1, -0.05) is 37.3 Å².